The fourth-order valence-corrected chi connectivity index (χ4v) is 4.51. The number of rotatable bonds is 7. The van der Waals surface area contributed by atoms with Gasteiger partial charge in [0.1, 0.15) is 0 Å². The van der Waals surface area contributed by atoms with Crippen molar-refractivity contribution in [1.29, 1.82) is 0 Å². The molecule has 0 bridgehead atoms. The van der Waals surface area contributed by atoms with Gasteiger partial charge in [-0.3, -0.25) is 14.5 Å². The van der Waals surface area contributed by atoms with E-state index < -0.39 is 0 Å². The second kappa shape index (κ2) is 10.5. The molecular formula is C25H30ClN3O3. The number of aryl methyl sites for hydroxylation is 1. The summed E-state index contributed by atoms with van der Waals surface area (Å²) in [5.74, 6) is -0.339. The second-order valence-electron chi connectivity index (χ2n) is 8.62. The quantitative estimate of drug-likeness (QED) is 0.696. The van der Waals surface area contributed by atoms with Crippen LogP contribution in [0.25, 0.3) is 0 Å². The standard InChI is InChI=1S/C25H30ClN3O3/c1-18-2-4-19(5-3-18)16-29-17-21(14-24(29)30)25(31)27-15-23(28-10-12-32-13-11-28)20-6-8-22(26)9-7-20/h2-9,21,23H,10-17H2,1H3,(H,27,31). The van der Waals surface area contributed by atoms with E-state index in [0.29, 0.717) is 37.9 Å². The minimum atomic E-state index is -0.316. The number of benzene rings is 2. The molecule has 0 spiro atoms. The number of hydrogen-bond acceptors (Lipinski definition) is 4. The first-order valence-electron chi connectivity index (χ1n) is 11.2. The summed E-state index contributed by atoms with van der Waals surface area (Å²) in [6.45, 7) is 6.53. The van der Waals surface area contributed by atoms with E-state index in [2.05, 4.69) is 10.2 Å². The molecule has 2 unspecified atom stereocenters. The number of ether oxygens (including phenoxy) is 1. The molecule has 7 heteroatoms. The van der Waals surface area contributed by atoms with E-state index in [0.717, 1.165) is 24.2 Å². The third kappa shape index (κ3) is 5.68. The summed E-state index contributed by atoms with van der Waals surface area (Å²) in [5, 5.41) is 3.81. The largest absolute Gasteiger partial charge is 0.379 e. The molecule has 2 fully saturated rings. The highest BCUT2D eigenvalue weighted by Crippen LogP contribution is 2.24. The Morgan fingerprint density at radius 1 is 1.12 bits per heavy atom. The number of carbonyl (C=O) groups excluding carboxylic acids is 2. The predicted octanol–water partition coefficient (Wildman–Crippen LogP) is 3.19. The fraction of sp³-hybridized carbons (Fsp3) is 0.440. The minimum Gasteiger partial charge on any atom is -0.379 e. The molecular weight excluding hydrogens is 426 g/mol. The lowest BCUT2D eigenvalue weighted by atomic mass is 10.0. The van der Waals surface area contributed by atoms with Gasteiger partial charge < -0.3 is 15.0 Å². The number of likely N-dealkylation sites (tertiary alicyclic amines) is 1. The lowest BCUT2D eigenvalue weighted by Crippen LogP contribution is -2.45. The van der Waals surface area contributed by atoms with Gasteiger partial charge in [-0.15, -0.1) is 0 Å². The van der Waals surface area contributed by atoms with Gasteiger partial charge in [0.2, 0.25) is 11.8 Å². The predicted molar refractivity (Wildman–Crippen MR) is 124 cm³/mol. The van der Waals surface area contributed by atoms with Gasteiger partial charge in [-0.25, -0.2) is 0 Å². The van der Waals surface area contributed by atoms with Crippen LogP contribution >= 0.6 is 11.6 Å². The zero-order chi connectivity index (χ0) is 22.5. The van der Waals surface area contributed by atoms with Crippen molar-refractivity contribution in [2.45, 2.75) is 25.9 Å². The van der Waals surface area contributed by atoms with Gasteiger partial charge in [-0.2, -0.15) is 0 Å². The molecule has 1 N–H and O–H groups in total. The summed E-state index contributed by atoms with van der Waals surface area (Å²) >= 11 is 6.07. The molecule has 170 valence electrons. The van der Waals surface area contributed by atoms with Crippen LogP contribution in [0.3, 0.4) is 0 Å². The molecule has 2 aromatic rings. The summed E-state index contributed by atoms with van der Waals surface area (Å²) in [5.41, 5.74) is 3.38. The molecule has 4 rings (SSSR count). The van der Waals surface area contributed by atoms with Crippen LogP contribution in [-0.2, 0) is 20.9 Å². The first kappa shape index (κ1) is 22.8. The summed E-state index contributed by atoms with van der Waals surface area (Å²) in [4.78, 5) is 29.6. The van der Waals surface area contributed by atoms with Crippen molar-refractivity contribution in [3.63, 3.8) is 0 Å². The third-order valence-corrected chi connectivity index (χ3v) is 6.54. The number of hydrogen-bond donors (Lipinski definition) is 1. The van der Waals surface area contributed by atoms with Crippen molar-refractivity contribution in [2.75, 3.05) is 39.4 Å². The van der Waals surface area contributed by atoms with Crippen LogP contribution in [0.1, 0.15) is 29.2 Å². The van der Waals surface area contributed by atoms with E-state index in [9.17, 15) is 9.59 Å². The third-order valence-electron chi connectivity index (χ3n) is 6.29. The normalized spacial score (nSPS) is 20.4. The van der Waals surface area contributed by atoms with Crippen LogP contribution in [0, 0.1) is 12.8 Å². The SMILES string of the molecule is Cc1ccc(CN2CC(C(=O)NCC(c3ccc(Cl)cc3)N3CCOCC3)CC2=O)cc1. The van der Waals surface area contributed by atoms with E-state index in [1.165, 1.54) is 5.56 Å². The van der Waals surface area contributed by atoms with E-state index >= 15 is 0 Å². The molecule has 0 aromatic heterocycles. The van der Waals surface area contributed by atoms with Crippen molar-refractivity contribution in [3.05, 3.63) is 70.2 Å². The van der Waals surface area contributed by atoms with Crippen LogP contribution in [0.15, 0.2) is 48.5 Å². The minimum absolute atomic E-state index is 0.0353. The van der Waals surface area contributed by atoms with Crippen LogP contribution in [0.4, 0.5) is 0 Å². The number of halogens is 1. The smallest absolute Gasteiger partial charge is 0.225 e. The summed E-state index contributed by atoms with van der Waals surface area (Å²) in [7, 11) is 0. The monoisotopic (exact) mass is 455 g/mol. The number of nitrogens with zero attached hydrogens (tertiary/aromatic N) is 2. The lowest BCUT2D eigenvalue weighted by Gasteiger charge is -2.35. The molecule has 6 nitrogen and oxygen atoms in total. The van der Waals surface area contributed by atoms with E-state index in [4.69, 9.17) is 16.3 Å². The van der Waals surface area contributed by atoms with Gasteiger partial charge in [0.05, 0.1) is 25.2 Å². The summed E-state index contributed by atoms with van der Waals surface area (Å²) in [6.07, 6.45) is 0.265. The Bertz CT molecular complexity index is 926. The zero-order valence-corrected chi connectivity index (χ0v) is 19.2. The highest BCUT2D eigenvalue weighted by molar-refractivity contribution is 6.30. The average molecular weight is 456 g/mol. The van der Waals surface area contributed by atoms with Crippen molar-refractivity contribution in [1.82, 2.24) is 15.1 Å². The topological polar surface area (TPSA) is 61.9 Å². The second-order valence-corrected chi connectivity index (χ2v) is 9.06. The Kier molecular flexibility index (Phi) is 7.45. The first-order chi connectivity index (χ1) is 15.5. The van der Waals surface area contributed by atoms with Gasteiger partial charge in [0.25, 0.3) is 0 Å². The molecule has 2 aliphatic heterocycles. The maximum Gasteiger partial charge on any atom is 0.225 e. The van der Waals surface area contributed by atoms with Gasteiger partial charge >= 0.3 is 0 Å². The number of nitrogens with one attached hydrogen (secondary N) is 1. The lowest BCUT2D eigenvalue weighted by molar-refractivity contribution is -0.129. The Hall–Kier alpha value is -2.41. The van der Waals surface area contributed by atoms with Crippen molar-refractivity contribution in [2.24, 2.45) is 5.92 Å². The first-order valence-corrected chi connectivity index (χ1v) is 11.6. The number of morpholine rings is 1. The molecule has 0 radical (unpaired) electrons. The molecule has 2 atom stereocenters. The molecule has 2 saturated heterocycles. The van der Waals surface area contributed by atoms with Gasteiger partial charge in [0, 0.05) is 44.2 Å². The van der Waals surface area contributed by atoms with Gasteiger partial charge in [0.15, 0.2) is 0 Å². The zero-order valence-electron chi connectivity index (χ0n) is 18.4. The van der Waals surface area contributed by atoms with Crippen molar-refractivity contribution < 1.29 is 14.3 Å². The molecule has 2 heterocycles. The van der Waals surface area contributed by atoms with Crippen LogP contribution in [0.2, 0.25) is 5.02 Å². The van der Waals surface area contributed by atoms with Crippen LogP contribution in [0.5, 0.6) is 0 Å². The Morgan fingerprint density at radius 2 is 1.81 bits per heavy atom. The Balaban J connectivity index is 1.36. The molecule has 2 aliphatic rings. The highest BCUT2D eigenvalue weighted by atomic mass is 35.5. The van der Waals surface area contributed by atoms with Crippen molar-refractivity contribution >= 4 is 23.4 Å². The summed E-state index contributed by atoms with van der Waals surface area (Å²) in [6, 6.07) is 16.0. The molecule has 0 saturated carbocycles. The molecule has 32 heavy (non-hydrogen) atoms. The van der Waals surface area contributed by atoms with Gasteiger partial charge in [-0.1, -0.05) is 53.6 Å². The van der Waals surface area contributed by atoms with E-state index in [-0.39, 0.29) is 30.2 Å². The average Bonchev–Trinajstić information content (AvgIpc) is 3.17. The Morgan fingerprint density at radius 3 is 2.50 bits per heavy atom. The maximum absolute atomic E-state index is 13.0. The Labute approximate surface area is 194 Å². The number of amides is 2. The highest BCUT2D eigenvalue weighted by Gasteiger charge is 2.34. The fourth-order valence-electron chi connectivity index (χ4n) is 4.39. The van der Waals surface area contributed by atoms with Crippen molar-refractivity contribution in [3.8, 4) is 0 Å². The van der Waals surface area contributed by atoms with E-state index in [1.54, 1.807) is 4.90 Å². The van der Waals surface area contributed by atoms with Crippen LogP contribution in [-0.4, -0.2) is 61.0 Å². The summed E-state index contributed by atoms with van der Waals surface area (Å²) < 4.78 is 5.50. The van der Waals surface area contributed by atoms with Gasteiger partial charge in [-0.05, 0) is 30.2 Å². The molecule has 0 aliphatic carbocycles. The maximum atomic E-state index is 13.0. The molecule has 2 aromatic carbocycles. The van der Waals surface area contributed by atoms with Crippen LogP contribution < -0.4 is 5.32 Å². The van der Waals surface area contributed by atoms with E-state index in [1.807, 2.05) is 55.5 Å². The number of carbonyl (C=O) groups is 2. The molecule has 2 amide bonds.